The molecular weight excluding hydrogens is 326 g/mol. The molecule has 2 aromatic heterocycles. The van der Waals surface area contributed by atoms with E-state index in [9.17, 15) is 4.79 Å². The van der Waals surface area contributed by atoms with Crippen LogP contribution in [0.15, 0.2) is 61.1 Å². The maximum Gasteiger partial charge on any atom is 0.241 e. The molecule has 1 amide bonds. The first kappa shape index (κ1) is 16.5. The number of anilines is 1. The highest BCUT2D eigenvalue weighted by molar-refractivity contribution is 5.95. The highest BCUT2D eigenvalue weighted by atomic mass is 16.2. The zero-order valence-electron chi connectivity index (χ0n) is 14.7. The average molecular weight is 347 g/mol. The molecular formula is C20H21N5O. The first-order valence-corrected chi connectivity index (χ1v) is 8.71. The molecule has 6 nitrogen and oxygen atoms in total. The summed E-state index contributed by atoms with van der Waals surface area (Å²) in [5.74, 6) is 0.116. The van der Waals surface area contributed by atoms with Crippen LogP contribution in [-0.2, 0) is 18.4 Å². The standard InChI is InChI=1S/C20H21N5O/c1-23-14-18(12-22-23)25-10-9-24(15-20(25)26)13-16-5-4-6-17(11-16)19-7-2-3-8-21-19/h2-8,11-12,14H,9-10,13,15H2,1H3. The minimum atomic E-state index is 0.116. The number of carbonyl (C=O) groups excluding carboxylic acids is 1. The third-order valence-corrected chi connectivity index (χ3v) is 4.60. The van der Waals surface area contributed by atoms with Crippen molar-refractivity contribution in [1.29, 1.82) is 0 Å². The Labute approximate surface area is 152 Å². The number of aromatic nitrogens is 3. The van der Waals surface area contributed by atoms with Gasteiger partial charge in [-0.2, -0.15) is 5.10 Å². The van der Waals surface area contributed by atoms with Gasteiger partial charge < -0.3 is 4.90 Å². The summed E-state index contributed by atoms with van der Waals surface area (Å²) in [6.07, 6.45) is 5.42. The van der Waals surface area contributed by atoms with Crippen LogP contribution in [0.4, 0.5) is 5.69 Å². The quantitative estimate of drug-likeness (QED) is 0.727. The highest BCUT2D eigenvalue weighted by Gasteiger charge is 2.25. The van der Waals surface area contributed by atoms with E-state index in [0.29, 0.717) is 13.1 Å². The van der Waals surface area contributed by atoms with E-state index in [1.807, 2.05) is 42.4 Å². The van der Waals surface area contributed by atoms with Gasteiger partial charge in [0.2, 0.25) is 5.91 Å². The Bertz CT molecular complexity index is 905. The molecule has 0 N–H and O–H groups in total. The minimum Gasteiger partial charge on any atom is -0.307 e. The van der Waals surface area contributed by atoms with E-state index < -0.39 is 0 Å². The molecule has 0 atom stereocenters. The monoisotopic (exact) mass is 347 g/mol. The molecule has 1 aliphatic heterocycles. The lowest BCUT2D eigenvalue weighted by Crippen LogP contribution is -2.50. The van der Waals surface area contributed by atoms with Crippen LogP contribution in [0.3, 0.4) is 0 Å². The Morgan fingerprint density at radius 1 is 1.12 bits per heavy atom. The minimum absolute atomic E-state index is 0.116. The first-order chi connectivity index (χ1) is 12.7. The van der Waals surface area contributed by atoms with E-state index in [4.69, 9.17) is 0 Å². The predicted molar refractivity (Wildman–Crippen MR) is 101 cm³/mol. The molecule has 3 heterocycles. The lowest BCUT2D eigenvalue weighted by Gasteiger charge is -2.33. The molecule has 3 aromatic rings. The second-order valence-electron chi connectivity index (χ2n) is 6.54. The van der Waals surface area contributed by atoms with Gasteiger partial charge in [0.1, 0.15) is 0 Å². The van der Waals surface area contributed by atoms with E-state index in [-0.39, 0.29) is 5.91 Å². The number of piperazine rings is 1. The van der Waals surface area contributed by atoms with Crippen molar-refractivity contribution in [3.05, 3.63) is 66.6 Å². The zero-order valence-corrected chi connectivity index (χ0v) is 14.7. The molecule has 1 saturated heterocycles. The smallest absolute Gasteiger partial charge is 0.241 e. The lowest BCUT2D eigenvalue weighted by atomic mass is 10.1. The van der Waals surface area contributed by atoms with Gasteiger partial charge in [0.05, 0.1) is 24.1 Å². The van der Waals surface area contributed by atoms with Crippen molar-refractivity contribution >= 4 is 11.6 Å². The maximum atomic E-state index is 12.5. The molecule has 0 bridgehead atoms. The molecule has 132 valence electrons. The van der Waals surface area contributed by atoms with Crippen molar-refractivity contribution in [1.82, 2.24) is 19.7 Å². The largest absolute Gasteiger partial charge is 0.307 e. The van der Waals surface area contributed by atoms with Crippen LogP contribution in [0.2, 0.25) is 0 Å². The van der Waals surface area contributed by atoms with Crippen molar-refractivity contribution in [2.75, 3.05) is 24.5 Å². The van der Waals surface area contributed by atoms with Gasteiger partial charge in [-0.1, -0.05) is 24.3 Å². The Morgan fingerprint density at radius 3 is 2.77 bits per heavy atom. The molecule has 26 heavy (non-hydrogen) atoms. The van der Waals surface area contributed by atoms with Gasteiger partial charge in [-0.15, -0.1) is 0 Å². The lowest BCUT2D eigenvalue weighted by molar-refractivity contribution is -0.121. The second-order valence-corrected chi connectivity index (χ2v) is 6.54. The van der Waals surface area contributed by atoms with Crippen LogP contribution in [0.5, 0.6) is 0 Å². The number of rotatable bonds is 4. The van der Waals surface area contributed by atoms with Crippen molar-refractivity contribution in [3.8, 4) is 11.3 Å². The summed E-state index contributed by atoms with van der Waals surface area (Å²) in [5, 5.41) is 4.15. The number of aryl methyl sites for hydroxylation is 1. The van der Waals surface area contributed by atoms with Crippen LogP contribution in [0.25, 0.3) is 11.3 Å². The van der Waals surface area contributed by atoms with Crippen LogP contribution >= 0.6 is 0 Å². The van der Waals surface area contributed by atoms with E-state index in [0.717, 1.165) is 30.0 Å². The SMILES string of the molecule is Cn1cc(N2CCN(Cc3cccc(-c4ccccn4)c3)CC2=O)cn1. The Balaban J connectivity index is 1.43. The number of benzene rings is 1. The molecule has 1 aromatic carbocycles. The van der Waals surface area contributed by atoms with Crippen molar-refractivity contribution in [3.63, 3.8) is 0 Å². The van der Waals surface area contributed by atoms with Crippen molar-refractivity contribution in [2.45, 2.75) is 6.54 Å². The predicted octanol–water partition coefficient (Wildman–Crippen LogP) is 2.33. The summed E-state index contributed by atoms with van der Waals surface area (Å²) < 4.78 is 1.72. The zero-order chi connectivity index (χ0) is 17.9. The summed E-state index contributed by atoms with van der Waals surface area (Å²) in [6, 6.07) is 14.3. The van der Waals surface area contributed by atoms with Gasteiger partial charge in [-0.05, 0) is 23.8 Å². The molecule has 0 spiro atoms. The fraction of sp³-hybridized carbons (Fsp3) is 0.250. The topological polar surface area (TPSA) is 54.3 Å². The molecule has 0 unspecified atom stereocenters. The molecule has 0 saturated carbocycles. The third-order valence-electron chi connectivity index (χ3n) is 4.60. The fourth-order valence-electron chi connectivity index (χ4n) is 3.30. The van der Waals surface area contributed by atoms with Crippen LogP contribution in [0, 0.1) is 0 Å². The molecule has 4 rings (SSSR count). The molecule has 1 aliphatic rings. The van der Waals surface area contributed by atoms with Gasteiger partial charge in [-0.25, -0.2) is 0 Å². The molecule has 6 heteroatoms. The fourth-order valence-corrected chi connectivity index (χ4v) is 3.30. The Kier molecular flexibility index (Phi) is 4.50. The van der Waals surface area contributed by atoms with E-state index in [2.05, 4.69) is 33.2 Å². The van der Waals surface area contributed by atoms with E-state index >= 15 is 0 Å². The summed E-state index contributed by atoms with van der Waals surface area (Å²) in [6.45, 7) is 2.70. The van der Waals surface area contributed by atoms with Crippen molar-refractivity contribution < 1.29 is 4.79 Å². The summed E-state index contributed by atoms with van der Waals surface area (Å²) in [4.78, 5) is 20.9. The normalized spacial score (nSPS) is 15.4. The highest BCUT2D eigenvalue weighted by Crippen LogP contribution is 2.20. The maximum absolute atomic E-state index is 12.5. The number of nitrogens with zero attached hydrogens (tertiary/aromatic N) is 5. The number of amides is 1. The summed E-state index contributed by atoms with van der Waals surface area (Å²) in [7, 11) is 1.86. The Morgan fingerprint density at radius 2 is 2.04 bits per heavy atom. The summed E-state index contributed by atoms with van der Waals surface area (Å²) in [5.41, 5.74) is 4.13. The summed E-state index contributed by atoms with van der Waals surface area (Å²) >= 11 is 0. The third kappa shape index (κ3) is 3.50. The van der Waals surface area contributed by atoms with Gasteiger partial charge >= 0.3 is 0 Å². The van der Waals surface area contributed by atoms with Crippen LogP contribution in [0.1, 0.15) is 5.56 Å². The molecule has 1 fully saturated rings. The second kappa shape index (κ2) is 7.09. The number of hydrogen-bond donors (Lipinski definition) is 0. The molecule has 0 radical (unpaired) electrons. The van der Waals surface area contributed by atoms with Gasteiger partial charge in [0.15, 0.2) is 0 Å². The van der Waals surface area contributed by atoms with Gasteiger partial charge in [-0.3, -0.25) is 19.4 Å². The van der Waals surface area contributed by atoms with Gasteiger partial charge in [0.25, 0.3) is 0 Å². The van der Waals surface area contributed by atoms with Crippen LogP contribution < -0.4 is 4.90 Å². The molecule has 0 aliphatic carbocycles. The average Bonchev–Trinajstić information content (AvgIpc) is 3.09. The van der Waals surface area contributed by atoms with E-state index in [1.165, 1.54) is 5.56 Å². The van der Waals surface area contributed by atoms with Crippen LogP contribution in [-0.4, -0.2) is 45.2 Å². The number of pyridine rings is 1. The van der Waals surface area contributed by atoms with E-state index in [1.54, 1.807) is 17.1 Å². The van der Waals surface area contributed by atoms with Gasteiger partial charge in [0, 0.05) is 44.6 Å². The van der Waals surface area contributed by atoms with Crippen molar-refractivity contribution in [2.24, 2.45) is 7.05 Å². The number of hydrogen-bond acceptors (Lipinski definition) is 4. The Hall–Kier alpha value is -2.99. The number of carbonyl (C=O) groups is 1. The first-order valence-electron chi connectivity index (χ1n) is 8.71.